The summed E-state index contributed by atoms with van der Waals surface area (Å²) in [7, 11) is 3.12. The molecule has 1 aliphatic heterocycles. The smallest absolute Gasteiger partial charge is 0.332 e. The van der Waals surface area contributed by atoms with Gasteiger partial charge in [-0.25, -0.2) is 9.69 Å². The van der Waals surface area contributed by atoms with Crippen molar-refractivity contribution in [2.45, 2.75) is 25.8 Å². The van der Waals surface area contributed by atoms with Gasteiger partial charge < -0.3 is 24.4 Å². The quantitative estimate of drug-likeness (QED) is 0.376. The average Bonchev–Trinajstić information content (AvgIpc) is 3.16. The molecule has 9 nitrogen and oxygen atoms in total. The molecule has 198 valence electrons. The van der Waals surface area contributed by atoms with Gasteiger partial charge in [-0.2, -0.15) is 0 Å². The molecule has 0 spiro atoms. The maximum Gasteiger partial charge on any atom is 0.332 e. The number of anilines is 2. The summed E-state index contributed by atoms with van der Waals surface area (Å²) >= 11 is 0. The third kappa shape index (κ3) is 5.88. The van der Waals surface area contributed by atoms with Gasteiger partial charge in [0.25, 0.3) is 5.91 Å². The van der Waals surface area contributed by atoms with Crippen molar-refractivity contribution in [2.75, 3.05) is 37.6 Å². The van der Waals surface area contributed by atoms with Gasteiger partial charge in [0.1, 0.15) is 11.8 Å². The van der Waals surface area contributed by atoms with Gasteiger partial charge in [0, 0.05) is 12.2 Å². The van der Waals surface area contributed by atoms with Gasteiger partial charge in [-0.3, -0.25) is 9.59 Å². The minimum absolute atomic E-state index is 0.174. The van der Waals surface area contributed by atoms with E-state index in [1.54, 1.807) is 68.8 Å². The monoisotopic (exact) mass is 517 g/mol. The van der Waals surface area contributed by atoms with Gasteiger partial charge in [0.15, 0.2) is 11.5 Å². The first-order valence-electron chi connectivity index (χ1n) is 12.4. The Morgan fingerprint density at radius 1 is 0.921 bits per heavy atom. The molecule has 0 saturated carbocycles. The zero-order valence-corrected chi connectivity index (χ0v) is 21.7. The predicted molar refractivity (Wildman–Crippen MR) is 144 cm³/mol. The molecule has 1 saturated heterocycles. The lowest BCUT2D eigenvalue weighted by Gasteiger charge is -2.22. The highest BCUT2D eigenvalue weighted by Crippen LogP contribution is 2.30. The summed E-state index contributed by atoms with van der Waals surface area (Å²) < 4.78 is 16.1. The molecule has 1 aliphatic rings. The maximum absolute atomic E-state index is 13.5. The molecule has 3 aromatic rings. The van der Waals surface area contributed by atoms with E-state index in [1.807, 2.05) is 25.1 Å². The van der Waals surface area contributed by atoms with Crippen molar-refractivity contribution >= 4 is 29.2 Å². The summed E-state index contributed by atoms with van der Waals surface area (Å²) in [5, 5.41) is 2.82. The largest absolute Gasteiger partial charge is 0.494 e. The highest BCUT2D eigenvalue weighted by atomic mass is 16.5. The summed E-state index contributed by atoms with van der Waals surface area (Å²) in [6.07, 6.45) is 0.284. The van der Waals surface area contributed by atoms with E-state index in [4.69, 9.17) is 14.2 Å². The van der Waals surface area contributed by atoms with Gasteiger partial charge in [-0.05, 0) is 67.4 Å². The van der Waals surface area contributed by atoms with Gasteiger partial charge in [0.05, 0.1) is 32.9 Å². The van der Waals surface area contributed by atoms with Crippen molar-refractivity contribution in [3.05, 3.63) is 78.4 Å². The number of nitrogens with one attached hydrogen (secondary N) is 1. The van der Waals surface area contributed by atoms with E-state index in [2.05, 4.69) is 5.32 Å². The molecule has 3 aromatic carbocycles. The van der Waals surface area contributed by atoms with Gasteiger partial charge >= 0.3 is 6.03 Å². The lowest BCUT2D eigenvalue weighted by molar-refractivity contribution is -0.124. The van der Waals surface area contributed by atoms with Crippen molar-refractivity contribution < 1.29 is 28.6 Å². The fraction of sp³-hybridized carbons (Fsp3) is 0.276. The van der Waals surface area contributed by atoms with Crippen molar-refractivity contribution in [2.24, 2.45) is 0 Å². The normalized spacial score (nSPS) is 15.0. The number of carbonyl (C=O) groups is 3. The van der Waals surface area contributed by atoms with Crippen LogP contribution in [0.15, 0.2) is 72.8 Å². The van der Waals surface area contributed by atoms with E-state index >= 15 is 0 Å². The second kappa shape index (κ2) is 12.1. The Bertz CT molecular complexity index is 1280. The molecule has 0 bridgehead atoms. The Morgan fingerprint density at radius 3 is 2.29 bits per heavy atom. The first kappa shape index (κ1) is 26.5. The number of rotatable bonds is 11. The Balaban J connectivity index is 1.52. The lowest BCUT2D eigenvalue weighted by atomic mass is 10.1. The van der Waals surface area contributed by atoms with Crippen molar-refractivity contribution in [3.63, 3.8) is 0 Å². The number of urea groups is 1. The summed E-state index contributed by atoms with van der Waals surface area (Å²) in [6, 6.07) is 19.8. The standard InChI is InChI=1S/C29H31N3O6/c1-4-38-23-13-11-21(12-14-23)30-27(33)19-24-28(34)32(22-8-6-5-7-9-22)29(35)31(24)17-16-20-10-15-25(36-2)26(18-20)37-3/h5-15,18,24H,4,16-17,19H2,1-3H3,(H,30,33). The number of para-hydroxylation sites is 1. The van der Waals surface area contributed by atoms with E-state index in [1.165, 1.54) is 4.90 Å². The first-order chi connectivity index (χ1) is 18.4. The van der Waals surface area contributed by atoms with Crippen LogP contribution in [-0.4, -0.2) is 56.2 Å². The fourth-order valence-corrected chi connectivity index (χ4v) is 4.38. The zero-order chi connectivity index (χ0) is 27.1. The zero-order valence-electron chi connectivity index (χ0n) is 21.7. The highest BCUT2D eigenvalue weighted by molar-refractivity contribution is 6.22. The third-order valence-electron chi connectivity index (χ3n) is 6.25. The highest BCUT2D eigenvalue weighted by Gasteiger charge is 2.46. The number of hydrogen-bond acceptors (Lipinski definition) is 6. The number of methoxy groups -OCH3 is 2. The van der Waals surface area contributed by atoms with Crippen LogP contribution in [0.5, 0.6) is 17.2 Å². The van der Waals surface area contributed by atoms with E-state index in [0.717, 1.165) is 10.5 Å². The number of hydrogen-bond donors (Lipinski definition) is 1. The third-order valence-corrected chi connectivity index (χ3v) is 6.25. The molecule has 1 N–H and O–H groups in total. The van der Waals surface area contributed by atoms with Crippen molar-refractivity contribution in [1.29, 1.82) is 0 Å². The van der Waals surface area contributed by atoms with E-state index < -0.39 is 18.0 Å². The SMILES string of the molecule is CCOc1ccc(NC(=O)CC2C(=O)N(c3ccccc3)C(=O)N2CCc2ccc(OC)c(OC)c2)cc1. The van der Waals surface area contributed by atoms with Gasteiger partial charge in [-0.15, -0.1) is 0 Å². The van der Waals surface area contributed by atoms with Crippen molar-refractivity contribution in [3.8, 4) is 17.2 Å². The second-order valence-electron chi connectivity index (χ2n) is 8.65. The van der Waals surface area contributed by atoms with Gasteiger partial charge in [-0.1, -0.05) is 24.3 Å². The topological polar surface area (TPSA) is 97.4 Å². The Morgan fingerprint density at radius 2 is 1.63 bits per heavy atom. The Hall–Kier alpha value is -4.53. The van der Waals surface area contributed by atoms with Crippen LogP contribution in [0.25, 0.3) is 0 Å². The predicted octanol–water partition coefficient (Wildman–Crippen LogP) is 4.51. The van der Waals surface area contributed by atoms with Crippen LogP contribution in [-0.2, 0) is 16.0 Å². The Kier molecular flexibility index (Phi) is 8.47. The molecule has 1 fully saturated rings. The van der Waals surface area contributed by atoms with E-state index in [0.29, 0.717) is 41.7 Å². The molecule has 4 amide bonds. The molecular weight excluding hydrogens is 486 g/mol. The molecule has 1 atom stereocenters. The molecule has 0 aliphatic carbocycles. The lowest BCUT2D eigenvalue weighted by Crippen LogP contribution is -2.39. The maximum atomic E-state index is 13.5. The van der Waals surface area contributed by atoms with Crippen molar-refractivity contribution in [1.82, 2.24) is 4.90 Å². The Labute approximate surface area is 221 Å². The van der Waals surface area contributed by atoms with Crippen LogP contribution >= 0.6 is 0 Å². The summed E-state index contributed by atoms with van der Waals surface area (Å²) in [4.78, 5) is 42.5. The van der Waals surface area contributed by atoms with Gasteiger partial charge in [0.2, 0.25) is 5.91 Å². The molecule has 1 unspecified atom stereocenters. The summed E-state index contributed by atoms with van der Waals surface area (Å²) in [5.74, 6) is 1.07. The minimum Gasteiger partial charge on any atom is -0.494 e. The number of imide groups is 1. The summed E-state index contributed by atoms with van der Waals surface area (Å²) in [5.41, 5.74) is 1.94. The number of benzene rings is 3. The molecule has 1 heterocycles. The first-order valence-corrected chi connectivity index (χ1v) is 12.4. The minimum atomic E-state index is -0.939. The molecule has 0 radical (unpaired) electrons. The number of amides is 4. The number of ether oxygens (including phenoxy) is 3. The van der Waals surface area contributed by atoms with Crippen LogP contribution < -0.4 is 24.4 Å². The van der Waals surface area contributed by atoms with Crippen LogP contribution in [0.3, 0.4) is 0 Å². The molecule has 38 heavy (non-hydrogen) atoms. The number of nitrogens with zero attached hydrogens (tertiary/aromatic N) is 2. The summed E-state index contributed by atoms with van der Waals surface area (Å²) in [6.45, 7) is 2.68. The molecule has 9 heteroatoms. The van der Waals surface area contributed by atoms with E-state index in [9.17, 15) is 14.4 Å². The second-order valence-corrected chi connectivity index (χ2v) is 8.65. The molecule has 0 aromatic heterocycles. The van der Waals surface area contributed by atoms with E-state index in [-0.39, 0.29) is 18.9 Å². The number of carbonyl (C=O) groups excluding carboxylic acids is 3. The van der Waals surface area contributed by atoms with Crippen LogP contribution in [0.1, 0.15) is 18.9 Å². The fourth-order valence-electron chi connectivity index (χ4n) is 4.38. The molecule has 4 rings (SSSR count). The average molecular weight is 518 g/mol. The van der Waals surface area contributed by atoms with Crippen LogP contribution in [0, 0.1) is 0 Å². The molecular formula is C29H31N3O6. The van der Waals surface area contributed by atoms with Crippen LogP contribution in [0.2, 0.25) is 0 Å². The van der Waals surface area contributed by atoms with Crippen LogP contribution in [0.4, 0.5) is 16.2 Å².